The van der Waals surface area contributed by atoms with E-state index < -0.39 is 0 Å². The first-order chi connectivity index (χ1) is 13.6. The Hall–Kier alpha value is -2.08. The lowest BCUT2D eigenvalue weighted by Crippen LogP contribution is -2.41. The van der Waals surface area contributed by atoms with E-state index in [9.17, 15) is 9.59 Å². The van der Waals surface area contributed by atoms with E-state index in [1.807, 2.05) is 30.3 Å². The summed E-state index contributed by atoms with van der Waals surface area (Å²) in [6.07, 6.45) is 1.40. The van der Waals surface area contributed by atoms with E-state index in [0.717, 1.165) is 18.4 Å². The quantitative estimate of drug-likeness (QED) is 0.693. The summed E-state index contributed by atoms with van der Waals surface area (Å²) in [5, 5.41) is 6.38. The molecule has 0 spiro atoms. The molecule has 5 nitrogen and oxygen atoms in total. The van der Waals surface area contributed by atoms with Gasteiger partial charge in [0.2, 0.25) is 5.91 Å². The van der Waals surface area contributed by atoms with Crippen molar-refractivity contribution in [3.8, 4) is 0 Å². The molecule has 1 saturated heterocycles. The first-order valence-corrected chi connectivity index (χ1v) is 9.99. The zero-order chi connectivity index (χ0) is 19.9. The Morgan fingerprint density at radius 3 is 2.50 bits per heavy atom. The Bertz CT molecular complexity index is 830. The summed E-state index contributed by atoms with van der Waals surface area (Å²) in [5.41, 5.74) is 1.43. The molecule has 3 rings (SSSR count). The maximum atomic E-state index is 12.6. The van der Waals surface area contributed by atoms with Crippen LogP contribution in [0.2, 0.25) is 10.0 Å². The Kier molecular flexibility index (Phi) is 7.31. The monoisotopic (exact) mass is 420 g/mol. The number of benzene rings is 2. The first kappa shape index (κ1) is 20.6. The van der Waals surface area contributed by atoms with Crippen molar-refractivity contribution in [3.05, 3.63) is 69.7 Å². The van der Waals surface area contributed by atoms with Gasteiger partial charge in [0.25, 0.3) is 5.91 Å². The molecule has 1 aliphatic heterocycles. The number of hydrogen-bond acceptors (Lipinski definition) is 3. The van der Waals surface area contributed by atoms with Crippen LogP contribution in [0, 0.1) is 5.92 Å². The van der Waals surface area contributed by atoms with E-state index in [-0.39, 0.29) is 23.8 Å². The number of hydrogen-bond donors (Lipinski definition) is 2. The third kappa shape index (κ3) is 5.25. The van der Waals surface area contributed by atoms with Crippen LogP contribution >= 0.6 is 23.2 Å². The van der Waals surface area contributed by atoms with Crippen LogP contribution in [0.4, 0.5) is 0 Å². The number of rotatable bonds is 6. The van der Waals surface area contributed by atoms with Crippen LogP contribution in [0.1, 0.15) is 34.9 Å². The lowest BCUT2D eigenvalue weighted by atomic mass is 9.89. The van der Waals surface area contributed by atoms with Crippen LogP contribution in [0.3, 0.4) is 0 Å². The molecule has 0 aliphatic carbocycles. The second-order valence-corrected chi connectivity index (χ2v) is 7.44. The molecular weight excluding hydrogens is 399 g/mol. The largest absolute Gasteiger partial charge is 0.373 e. The SMILES string of the molecule is O=C(NCCNC(=O)C1CCCOC1c1ccccc1)c1ccc(Cl)c(Cl)c1. The molecule has 148 valence electrons. The van der Waals surface area contributed by atoms with Crippen molar-refractivity contribution in [2.24, 2.45) is 5.92 Å². The molecule has 0 saturated carbocycles. The van der Waals surface area contributed by atoms with Crippen LogP contribution in [0.5, 0.6) is 0 Å². The fourth-order valence-electron chi connectivity index (χ4n) is 3.25. The van der Waals surface area contributed by atoms with Gasteiger partial charge in [0.1, 0.15) is 0 Å². The summed E-state index contributed by atoms with van der Waals surface area (Å²) in [4.78, 5) is 24.8. The van der Waals surface area contributed by atoms with Gasteiger partial charge in [0.15, 0.2) is 0 Å². The second kappa shape index (κ2) is 9.92. The highest BCUT2D eigenvalue weighted by molar-refractivity contribution is 6.42. The molecule has 2 atom stereocenters. The van der Waals surface area contributed by atoms with E-state index in [1.165, 1.54) is 6.07 Å². The summed E-state index contributed by atoms with van der Waals surface area (Å²) in [6.45, 7) is 1.31. The summed E-state index contributed by atoms with van der Waals surface area (Å²) < 4.78 is 5.87. The summed E-state index contributed by atoms with van der Waals surface area (Å²) in [6, 6.07) is 14.5. The number of halogens is 2. The molecule has 0 bridgehead atoms. The minimum absolute atomic E-state index is 0.0580. The highest BCUT2D eigenvalue weighted by Gasteiger charge is 2.32. The van der Waals surface area contributed by atoms with Gasteiger partial charge in [-0.1, -0.05) is 53.5 Å². The zero-order valence-corrected chi connectivity index (χ0v) is 16.8. The van der Waals surface area contributed by atoms with Crippen molar-refractivity contribution in [1.82, 2.24) is 10.6 Å². The van der Waals surface area contributed by atoms with Gasteiger partial charge in [0.05, 0.1) is 22.1 Å². The standard InChI is InChI=1S/C21H22Cl2N2O3/c22-17-9-8-15(13-18(17)23)20(26)24-10-11-25-21(27)16-7-4-12-28-19(16)14-5-2-1-3-6-14/h1-3,5-6,8-9,13,16,19H,4,7,10-12H2,(H,24,26)(H,25,27). The van der Waals surface area contributed by atoms with Gasteiger partial charge < -0.3 is 15.4 Å². The van der Waals surface area contributed by atoms with Crippen LogP contribution < -0.4 is 10.6 Å². The van der Waals surface area contributed by atoms with E-state index >= 15 is 0 Å². The van der Waals surface area contributed by atoms with Gasteiger partial charge in [-0.15, -0.1) is 0 Å². The minimum atomic E-state index is -0.268. The third-order valence-corrected chi connectivity index (χ3v) is 5.42. The third-order valence-electron chi connectivity index (χ3n) is 4.68. The lowest BCUT2D eigenvalue weighted by molar-refractivity contribution is -0.134. The summed E-state index contributed by atoms with van der Waals surface area (Å²) in [7, 11) is 0. The van der Waals surface area contributed by atoms with Gasteiger partial charge in [0, 0.05) is 25.3 Å². The predicted molar refractivity (Wildman–Crippen MR) is 110 cm³/mol. The minimum Gasteiger partial charge on any atom is -0.373 e. The Labute approximate surface area is 174 Å². The van der Waals surface area contributed by atoms with Crippen molar-refractivity contribution in [2.75, 3.05) is 19.7 Å². The van der Waals surface area contributed by atoms with Gasteiger partial charge in [-0.3, -0.25) is 9.59 Å². The lowest BCUT2D eigenvalue weighted by Gasteiger charge is -2.31. The van der Waals surface area contributed by atoms with Crippen molar-refractivity contribution < 1.29 is 14.3 Å². The number of amides is 2. The average molecular weight is 421 g/mol. The number of carbonyl (C=O) groups is 2. The molecule has 0 radical (unpaired) electrons. The first-order valence-electron chi connectivity index (χ1n) is 9.24. The van der Waals surface area contributed by atoms with E-state index in [2.05, 4.69) is 10.6 Å². The smallest absolute Gasteiger partial charge is 0.251 e. The van der Waals surface area contributed by atoms with Crippen LogP contribution in [0.25, 0.3) is 0 Å². The molecule has 1 fully saturated rings. The predicted octanol–water partition coefficient (Wildman–Crippen LogP) is 4.01. The van der Waals surface area contributed by atoms with Crippen molar-refractivity contribution >= 4 is 35.0 Å². The molecule has 2 aromatic carbocycles. The Morgan fingerprint density at radius 2 is 1.75 bits per heavy atom. The van der Waals surface area contributed by atoms with Gasteiger partial charge in [-0.05, 0) is 36.6 Å². The van der Waals surface area contributed by atoms with Crippen LogP contribution in [0.15, 0.2) is 48.5 Å². The highest BCUT2D eigenvalue weighted by atomic mass is 35.5. The summed E-state index contributed by atoms with van der Waals surface area (Å²) in [5.74, 6) is -0.560. The zero-order valence-electron chi connectivity index (χ0n) is 15.3. The van der Waals surface area contributed by atoms with Crippen molar-refractivity contribution in [3.63, 3.8) is 0 Å². The van der Waals surface area contributed by atoms with E-state index in [0.29, 0.717) is 35.3 Å². The van der Waals surface area contributed by atoms with E-state index in [4.69, 9.17) is 27.9 Å². The second-order valence-electron chi connectivity index (χ2n) is 6.63. The molecular formula is C21H22Cl2N2O3. The van der Waals surface area contributed by atoms with Crippen molar-refractivity contribution in [2.45, 2.75) is 18.9 Å². The molecule has 1 heterocycles. The Morgan fingerprint density at radius 1 is 1.00 bits per heavy atom. The maximum absolute atomic E-state index is 12.6. The van der Waals surface area contributed by atoms with Gasteiger partial charge in [-0.2, -0.15) is 0 Å². The average Bonchev–Trinajstić information content (AvgIpc) is 2.73. The van der Waals surface area contributed by atoms with Gasteiger partial charge >= 0.3 is 0 Å². The van der Waals surface area contributed by atoms with Crippen LogP contribution in [-0.4, -0.2) is 31.5 Å². The molecule has 2 amide bonds. The molecule has 1 aliphatic rings. The van der Waals surface area contributed by atoms with Gasteiger partial charge in [-0.25, -0.2) is 0 Å². The number of ether oxygens (including phenoxy) is 1. The molecule has 0 aromatic heterocycles. The highest BCUT2D eigenvalue weighted by Crippen LogP contribution is 2.33. The normalized spacial score (nSPS) is 19.1. The fourth-order valence-corrected chi connectivity index (χ4v) is 3.55. The van der Waals surface area contributed by atoms with Crippen LogP contribution in [-0.2, 0) is 9.53 Å². The Balaban J connectivity index is 1.49. The fraction of sp³-hybridized carbons (Fsp3) is 0.333. The maximum Gasteiger partial charge on any atom is 0.251 e. The topological polar surface area (TPSA) is 67.4 Å². The molecule has 2 N–H and O–H groups in total. The summed E-state index contributed by atoms with van der Waals surface area (Å²) >= 11 is 11.8. The number of nitrogens with one attached hydrogen (secondary N) is 2. The molecule has 2 unspecified atom stereocenters. The molecule has 7 heteroatoms. The van der Waals surface area contributed by atoms with Crippen molar-refractivity contribution in [1.29, 1.82) is 0 Å². The molecule has 2 aromatic rings. The van der Waals surface area contributed by atoms with E-state index in [1.54, 1.807) is 12.1 Å². The number of carbonyl (C=O) groups excluding carboxylic acids is 2. The molecule has 28 heavy (non-hydrogen) atoms.